The van der Waals surface area contributed by atoms with E-state index in [1.807, 2.05) is 0 Å². The Labute approximate surface area is 133 Å². The fourth-order valence-electron chi connectivity index (χ4n) is 2.90. The van der Waals surface area contributed by atoms with Crippen LogP contribution in [0.3, 0.4) is 0 Å². The molecule has 2 aromatic carbocycles. The molecule has 0 spiro atoms. The number of hydrogen-bond acceptors (Lipinski definition) is 2. The lowest BCUT2D eigenvalue weighted by Crippen LogP contribution is -2.16. The van der Waals surface area contributed by atoms with Gasteiger partial charge in [-0.05, 0) is 60.7 Å². The maximum atomic E-state index is 12.9. The Balaban J connectivity index is 2.80. The summed E-state index contributed by atoms with van der Waals surface area (Å²) < 4.78 is 62.3. The zero-order valence-electron chi connectivity index (χ0n) is 12.8. The van der Waals surface area contributed by atoms with Crippen molar-refractivity contribution in [3.05, 3.63) is 52.6 Å². The summed E-state index contributed by atoms with van der Waals surface area (Å²) in [6.07, 6.45) is -4.47. The van der Waals surface area contributed by atoms with Gasteiger partial charge in [0.1, 0.15) is 0 Å². The number of primary sulfonamides is 1. The van der Waals surface area contributed by atoms with Crippen molar-refractivity contribution in [1.82, 2.24) is 0 Å². The third-order valence-electron chi connectivity index (χ3n) is 3.66. The fourth-order valence-corrected chi connectivity index (χ4v) is 3.94. The molecule has 0 unspecified atom stereocenters. The van der Waals surface area contributed by atoms with E-state index in [1.54, 1.807) is 26.8 Å². The average Bonchev–Trinajstić information content (AvgIpc) is 2.35. The third-order valence-corrected chi connectivity index (χ3v) is 4.86. The minimum atomic E-state index is -4.47. The molecule has 0 fully saturated rings. The van der Waals surface area contributed by atoms with Gasteiger partial charge in [-0.25, -0.2) is 13.6 Å². The lowest BCUT2D eigenvalue weighted by atomic mass is 9.93. The minimum absolute atomic E-state index is 0.0458. The van der Waals surface area contributed by atoms with E-state index in [4.69, 9.17) is 5.14 Å². The van der Waals surface area contributed by atoms with Gasteiger partial charge in [-0.2, -0.15) is 13.2 Å². The summed E-state index contributed by atoms with van der Waals surface area (Å²) in [5, 5.41) is 5.25. The van der Waals surface area contributed by atoms with E-state index in [0.717, 1.165) is 12.1 Å². The smallest absolute Gasteiger partial charge is 0.225 e. The molecule has 0 aliphatic rings. The first-order valence-electron chi connectivity index (χ1n) is 6.74. The molecule has 0 aromatic heterocycles. The molecular weight excluding hydrogens is 327 g/mol. The number of nitrogens with two attached hydrogens (primary N) is 1. The zero-order chi connectivity index (χ0) is 17.6. The Morgan fingerprint density at radius 3 is 2.13 bits per heavy atom. The van der Waals surface area contributed by atoms with E-state index < -0.39 is 21.8 Å². The molecule has 2 rings (SSSR count). The van der Waals surface area contributed by atoms with Crippen molar-refractivity contribution in [1.29, 1.82) is 0 Å². The summed E-state index contributed by atoms with van der Waals surface area (Å²) in [6, 6.07) is 6.42. The Morgan fingerprint density at radius 2 is 1.61 bits per heavy atom. The molecule has 0 saturated carbocycles. The van der Waals surface area contributed by atoms with E-state index in [9.17, 15) is 21.6 Å². The Hall–Kier alpha value is -1.86. The number of rotatable bonds is 2. The SMILES string of the molecule is Cc1cc(C)c(S(N)(=O)=O)c(C)c1-c1cccc(C(F)(F)F)c1. The lowest BCUT2D eigenvalue weighted by molar-refractivity contribution is -0.137. The third kappa shape index (κ3) is 3.40. The summed E-state index contributed by atoms with van der Waals surface area (Å²) in [7, 11) is -3.97. The van der Waals surface area contributed by atoms with Gasteiger partial charge in [0.25, 0.3) is 0 Å². The topological polar surface area (TPSA) is 60.2 Å². The molecule has 0 saturated heterocycles. The van der Waals surface area contributed by atoms with Gasteiger partial charge < -0.3 is 0 Å². The van der Waals surface area contributed by atoms with Crippen LogP contribution in [0.15, 0.2) is 35.2 Å². The highest BCUT2D eigenvalue weighted by Gasteiger charge is 2.31. The highest BCUT2D eigenvalue weighted by Crippen LogP contribution is 2.36. The van der Waals surface area contributed by atoms with Gasteiger partial charge >= 0.3 is 6.18 Å². The van der Waals surface area contributed by atoms with E-state index in [-0.39, 0.29) is 4.90 Å². The van der Waals surface area contributed by atoms with Gasteiger partial charge in [0.15, 0.2) is 0 Å². The van der Waals surface area contributed by atoms with Crippen molar-refractivity contribution in [3.63, 3.8) is 0 Å². The first-order chi connectivity index (χ1) is 10.4. The first-order valence-corrected chi connectivity index (χ1v) is 8.29. The number of hydrogen-bond donors (Lipinski definition) is 1. The van der Waals surface area contributed by atoms with Crippen molar-refractivity contribution in [3.8, 4) is 11.1 Å². The van der Waals surface area contributed by atoms with Crippen molar-refractivity contribution >= 4 is 10.0 Å². The summed E-state index contributed by atoms with van der Waals surface area (Å²) in [5.74, 6) is 0. The largest absolute Gasteiger partial charge is 0.416 e. The van der Waals surface area contributed by atoms with Crippen molar-refractivity contribution in [2.24, 2.45) is 5.14 Å². The van der Waals surface area contributed by atoms with Crippen molar-refractivity contribution in [2.45, 2.75) is 31.8 Å². The minimum Gasteiger partial charge on any atom is -0.225 e. The number of alkyl halides is 3. The Kier molecular flexibility index (Phi) is 4.30. The molecule has 0 atom stereocenters. The number of aryl methyl sites for hydroxylation is 2. The molecule has 0 amide bonds. The summed E-state index contributed by atoms with van der Waals surface area (Å²) >= 11 is 0. The van der Waals surface area contributed by atoms with Crippen LogP contribution in [0, 0.1) is 20.8 Å². The second-order valence-electron chi connectivity index (χ2n) is 5.46. The number of halogens is 3. The molecule has 0 radical (unpaired) electrons. The highest BCUT2D eigenvalue weighted by atomic mass is 32.2. The molecule has 124 valence electrons. The lowest BCUT2D eigenvalue weighted by Gasteiger charge is -2.17. The quantitative estimate of drug-likeness (QED) is 0.898. The van der Waals surface area contributed by atoms with Gasteiger partial charge in [0.05, 0.1) is 10.5 Å². The highest BCUT2D eigenvalue weighted by molar-refractivity contribution is 7.89. The monoisotopic (exact) mass is 343 g/mol. The van der Waals surface area contributed by atoms with Gasteiger partial charge in [-0.15, -0.1) is 0 Å². The molecule has 0 bridgehead atoms. The summed E-state index contributed by atoms with van der Waals surface area (Å²) in [6.45, 7) is 4.88. The number of sulfonamides is 1. The normalized spacial score (nSPS) is 12.5. The maximum absolute atomic E-state index is 12.9. The van der Waals surface area contributed by atoms with Gasteiger partial charge in [-0.3, -0.25) is 0 Å². The molecule has 23 heavy (non-hydrogen) atoms. The molecule has 0 aliphatic carbocycles. The molecule has 0 aliphatic heterocycles. The Bertz CT molecular complexity index is 872. The second-order valence-corrected chi connectivity index (χ2v) is 6.96. The van der Waals surface area contributed by atoms with Gasteiger partial charge in [0.2, 0.25) is 10.0 Å². The van der Waals surface area contributed by atoms with Crippen LogP contribution in [0.4, 0.5) is 13.2 Å². The van der Waals surface area contributed by atoms with Crippen LogP contribution in [-0.4, -0.2) is 8.42 Å². The van der Waals surface area contributed by atoms with Crippen LogP contribution >= 0.6 is 0 Å². The van der Waals surface area contributed by atoms with Crippen LogP contribution in [-0.2, 0) is 16.2 Å². The van der Waals surface area contributed by atoms with E-state index in [1.165, 1.54) is 12.1 Å². The molecule has 3 nitrogen and oxygen atoms in total. The van der Waals surface area contributed by atoms with Crippen LogP contribution in [0.1, 0.15) is 22.3 Å². The average molecular weight is 343 g/mol. The zero-order valence-corrected chi connectivity index (χ0v) is 13.6. The standard InChI is InChI=1S/C16H16F3NO2S/c1-9-7-10(2)15(23(20,21)22)11(3)14(9)12-5-4-6-13(8-12)16(17,18)19/h4-8H,1-3H3,(H2,20,21,22). The van der Waals surface area contributed by atoms with Crippen molar-refractivity contribution < 1.29 is 21.6 Å². The summed E-state index contributed by atoms with van der Waals surface area (Å²) in [4.78, 5) is -0.0458. The molecule has 7 heteroatoms. The van der Waals surface area contributed by atoms with Gasteiger partial charge in [-0.1, -0.05) is 18.2 Å². The van der Waals surface area contributed by atoms with Crippen molar-refractivity contribution in [2.75, 3.05) is 0 Å². The van der Waals surface area contributed by atoms with E-state index in [2.05, 4.69) is 0 Å². The molecule has 2 N–H and O–H groups in total. The Morgan fingerprint density at radius 1 is 1.00 bits per heavy atom. The molecule has 0 heterocycles. The summed E-state index contributed by atoms with van der Waals surface area (Å²) in [5.41, 5.74) is 1.48. The number of benzene rings is 2. The fraction of sp³-hybridized carbons (Fsp3) is 0.250. The second kappa shape index (κ2) is 5.65. The first kappa shape index (κ1) is 17.5. The van der Waals surface area contributed by atoms with Crippen LogP contribution in [0.25, 0.3) is 11.1 Å². The van der Waals surface area contributed by atoms with Crippen LogP contribution in [0.5, 0.6) is 0 Å². The van der Waals surface area contributed by atoms with E-state index >= 15 is 0 Å². The predicted molar refractivity (Wildman–Crippen MR) is 82.5 cm³/mol. The maximum Gasteiger partial charge on any atom is 0.416 e. The van der Waals surface area contributed by atoms with Gasteiger partial charge in [0, 0.05) is 0 Å². The predicted octanol–water partition coefficient (Wildman–Crippen LogP) is 3.95. The van der Waals surface area contributed by atoms with E-state index in [0.29, 0.717) is 27.8 Å². The van der Waals surface area contributed by atoms with Crippen LogP contribution < -0.4 is 5.14 Å². The molecule has 2 aromatic rings. The van der Waals surface area contributed by atoms with Crippen LogP contribution in [0.2, 0.25) is 0 Å². The molecular formula is C16H16F3NO2S.